The van der Waals surface area contributed by atoms with Crippen LogP contribution in [0, 0.1) is 0 Å². The number of aromatic amines is 1. The average molecular weight is 250 g/mol. The van der Waals surface area contributed by atoms with E-state index in [-0.39, 0.29) is 12.1 Å². The summed E-state index contributed by atoms with van der Waals surface area (Å²) in [7, 11) is 0. The highest BCUT2D eigenvalue weighted by Crippen LogP contribution is 2.22. The molecule has 2 N–H and O–H groups in total. The topological polar surface area (TPSA) is 53.6 Å². The van der Waals surface area contributed by atoms with Gasteiger partial charge in [-0.3, -0.25) is 5.10 Å². The smallest absolute Gasteiger partial charge is 0.109 e. The molecule has 0 bridgehead atoms. The molecule has 17 heavy (non-hydrogen) atoms. The van der Waals surface area contributed by atoms with Crippen molar-refractivity contribution in [2.75, 3.05) is 0 Å². The molecule has 4 nitrogen and oxygen atoms in total. The zero-order chi connectivity index (χ0) is 12.3. The van der Waals surface area contributed by atoms with Crippen LogP contribution in [-0.2, 0) is 6.42 Å². The summed E-state index contributed by atoms with van der Waals surface area (Å²) < 4.78 is 0. The Morgan fingerprint density at radius 2 is 2.24 bits per heavy atom. The normalized spacial score (nSPS) is 14.8. The second-order valence-corrected chi connectivity index (χ2v) is 5.29. The Balaban J connectivity index is 1.99. The first-order chi connectivity index (χ1) is 8.20. The van der Waals surface area contributed by atoms with Gasteiger partial charge in [-0.25, -0.2) is 4.98 Å². The molecule has 2 aromatic heterocycles. The molecule has 0 aliphatic rings. The molecule has 2 unspecified atom stereocenters. The zero-order valence-corrected chi connectivity index (χ0v) is 11.2. The van der Waals surface area contributed by atoms with Gasteiger partial charge < -0.3 is 5.32 Å². The van der Waals surface area contributed by atoms with E-state index in [1.54, 1.807) is 17.5 Å². The number of hydrogen-bond donors (Lipinski definition) is 2. The third kappa shape index (κ3) is 2.92. The van der Waals surface area contributed by atoms with E-state index in [0.29, 0.717) is 0 Å². The summed E-state index contributed by atoms with van der Waals surface area (Å²) in [6.45, 7) is 6.42. The van der Waals surface area contributed by atoms with E-state index >= 15 is 0 Å². The van der Waals surface area contributed by atoms with Crippen LogP contribution in [0.3, 0.4) is 0 Å². The van der Waals surface area contributed by atoms with Gasteiger partial charge in [-0.1, -0.05) is 6.92 Å². The summed E-state index contributed by atoms with van der Waals surface area (Å²) in [6.07, 6.45) is 4.80. The van der Waals surface area contributed by atoms with Crippen molar-refractivity contribution in [2.24, 2.45) is 0 Å². The van der Waals surface area contributed by atoms with E-state index in [1.165, 1.54) is 4.88 Å². The van der Waals surface area contributed by atoms with Crippen molar-refractivity contribution in [3.8, 4) is 0 Å². The minimum atomic E-state index is 0.251. The number of nitrogens with zero attached hydrogens (tertiary/aromatic N) is 2. The van der Waals surface area contributed by atoms with Crippen molar-refractivity contribution in [1.29, 1.82) is 0 Å². The highest BCUT2D eigenvalue weighted by atomic mass is 32.1. The fourth-order valence-electron chi connectivity index (χ4n) is 1.73. The maximum Gasteiger partial charge on any atom is 0.109 e. The summed E-state index contributed by atoms with van der Waals surface area (Å²) in [5.74, 6) is 0. The lowest BCUT2D eigenvalue weighted by molar-refractivity contribution is 0.484. The van der Waals surface area contributed by atoms with Crippen molar-refractivity contribution in [2.45, 2.75) is 39.3 Å². The lowest BCUT2D eigenvalue weighted by Gasteiger charge is -2.16. The molecular weight excluding hydrogens is 232 g/mol. The minimum Gasteiger partial charge on any atom is -0.300 e. The van der Waals surface area contributed by atoms with Gasteiger partial charge in [0.1, 0.15) is 5.01 Å². The molecule has 0 aliphatic heterocycles. The van der Waals surface area contributed by atoms with Crippen molar-refractivity contribution in [1.82, 2.24) is 20.5 Å². The molecule has 0 saturated carbocycles. The van der Waals surface area contributed by atoms with Crippen LogP contribution >= 0.6 is 11.3 Å². The quantitative estimate of drug-likeness (QED) is 0.858. The second kappa shape index (κ2) is 5.42. The summed E-state index contributed by atoms with van der Waals surface area (Å²) in [6, 6.07) is 2.50. The van der Waals surface area contributed by atoms with Crippen LogP contribution in [0.1, 0.15) is 48.4 Å². The summed E-state index contributed by atoms with van der Waals surface area (Å²) in [5.41, 5.74) is 1.10. The Kier molecular flexibility index (Phi) is 3.91. The summed E-state index contributed by atoms with van der Waals surface area (Å²) in [4.78, 5) is 5.79. The molecule has 0 amide bonds. The molecule has 92 valence electrons. The van der Waals surface area contributed by atoms with E-state index in [9.17, 15) is 0 Å². The van der Waals surface area contributed by atoms with Crippen LogP contribution in [0.25, 0.3) is 0 Å². The molecule has 0 aromatic carbocycles. The van der Waals surface area contributed by atoms with Crippen molar-refractivity contribution in [3.63, 3.8) is 0 Å². The fraction of sp³-hybridized carbons (Fsp3) is 0.500. The third-order valence-electron chi connectivity index (χ3n) is 2.78. The Bertz CT molecular complexity index is 449. The predicted octanol–water partition coefficient (Wildman–Crippen LogP) is 2.84. The molecule has 0 aliphatic carbocycles. The Hall–Kier alpha value is -1.20. The first-order valence-electron chi connectivity index (χ1n) is 5.90. The largest absolute Gasteiger partial charge is 0.300 e. The average Bonchev–Trinajstić information content (AvgIpc) is 3.00. The number of aryl methyl sites for hydroxylation is 1. The van der Waals surface area contributed by atoms with Gasteiger partial charge in [0.15, 0.2) is 0 Å². The standard InChI is InChI=1S/C12H18N4S/c1-4-10-7-13-12(17-10)9(3)15-8(2)11-5-6-14-16-11/h5-9,15H,4H2,1-3H3,(H,14,16). The first-order valence-corrected chi connectivity index (χ1v) is 6.72. The molecule has 2 heterocycles. The molecule has 0 saturated heterocycles. The zero-order valence-electron chi connectivity index (χ0n) is 10.4. The highest BCUT2D eigenvalue weighted by molar-refractivity contribution is 7.11. The monoisotopic (exact) mass is 250 g/mol. The number of nitrogens with one attached hydrogen (secondary N) is 2. The van der Waals surface area contributed by atoms with Crippen molar-refractivity contribution < 1.29 is 0 Å². The minimum absolute atomic E-state index is 0.251. The Labute approximate surface area is 105 Å². The predicted molar refractivity (Wildman–Crippen MR) is 70.0 cm³/mol. The van der Waals surface area contributed by atoms with Gasteiger partial charge in [0.2, 0.25) is 0 Å². The molecule has 2 rings (SSSR count). The van der Waals surface area contributed by atoms with E-state index in [2.05, 4.69) is 41.3 Å². The maximum absolute atomic E-state index is 4.45. The number of thiazole rings is 1. The van der Waals surface area contributed by atoms with Crippen LogP contribution in [0.15, 0.2) is 18.5 Å². The molecular formula is C12H18N4S. The van der Waals surface area contributed by atoms with Gasteiger partial charge in [-0.05, 0) is 26.3 Å². The van der Waals surface area contributed by atoms with E-state index in [4.69, 9.17) is 0 Å². The number of aromatic nitrogens is 3. The number of H-pyrrole nitrogens is 1. The van der Waals surface area contributed by atoms with Crippen LogP contribution in [0.4, 0.5) is 0 Å². The van der Waals surface area contributed by atoms with Crippen LogP contribution in [-0.4, -0.2) is 15.2 Å². The van der Waals surface area contributed by atoms with E-state index in [0.717, 1.165) is 17.1 Å². The second-order valence-electron chi connectivity index (χ2n) is 4.14. The third-order valence-corrected chi connectivity index (χ3v) is 4.10. The van der Waals surface area contributed by atoms with Crippen LogP contribution < -0.4 is 5.32 Å². The maximum atomic E-state index is 4.45. The van der Waals surface area contributed by atoms with Gasteiger partial charge in [0.05, 0.1) is 11.7 Å². The SMILES string of the molecule is CCc1cnc(C(C)NC(C)c2ccn[nH]2)s1. The molecule has 0 radical (unpaired) electrons. The van der Waals surface area contributed by atoms with E-state index in [1.807, 2.05) is 12.3 Å². The first kappa shape index (κ1) is 12.3. The number of hydrogen-bond acceptors (Lipinski definition) is 4. The van der Waals surface area contributed by atoms with Crippen molar-refractivity contribution in [3.05, 3.63) is 34.0 Å². The lowest BCUT2D eigenvalue weighted by atomic mass is 10.2. The van der Waals surface area contributed by atoms with Crippen LogP contribution in [0.2, 0.25) is 0 Å². The summed E-state index contributed by atoms with van der Waals surface area (Å²) >= 11 is 1.78. The molecule has 2 atom stereocenters. The van der Waals surface area contributed by atoms with Crippen molar-refractivity contribution >= 4 is 11.3 Å². The van der Waals surface area contributed by atoms with Gasteiger partial charge in [-0.15, -0.1) is 11.3 Å². The van der Waals surface area contributed by atoms with E-state index < -0.39 is 0 Å². The molecule has 2 aromatic rings. The Morgan fingerprint density at radius 1 is 1.41 bits per heavy atom. The van der Waals surface area contributed by atoms with Gasteiger partial charge in [0, 0.05) is 23.3 Å². The van der Waals surface area contributed by atoms with Gasteiger partial charge in [0.25, 0.3) is 0 Å². The van der Waals surface area contributed by atoms with Gasteiger partial charge >= 0.3 is 0 Å². The Morgan fingerprint density at radius 3 is 2.82 bits per heavy atom. The molecule has 5 heteroatoms. The number of rotatable bonds is 5. The lowest BCUT2D eigenvalue weighted by Crippen LogP contribution is -2.22. The van der Waals surface area contributed by atoms with Crippen LogP contribution in [0.5, 0.6) is 0 Å². The molecule has 0 fully saturated rings. The van der Waals surface area contributed by atoms with Gasteiger partial charge in [-0.2, -0.15) is 5.10 Å². The fourth-order valence-corrected chi connectivity index (χ4v) is 2.60. The highest BCUT2D eigenvalue weighted by Gasteiger charge is 2.14. The summed E-state index contributed by atoms with van der Waals surface area (Å²) in [5, 5.41) is 11.6. The molecule has 0 spiro atoms.